The minimum Gasteiger partial charge on any atom is -0.463 e. The number of anilines is 2. The highest BCUT2D eigenvalue weighted by Crippen LogP contribution is 2.40. The SMILES string of the molecule is CCOC(=O)C1=C(C)NC(C)=C(C(=O)OCC)C1c1cccc(Nc2nc(-c3cc(C#N)c(=O)[nH]c3C)cs2)c1. The Morgan fingerprint density at radius 3 is 2.33 bits per heavy atom. The van der Waals surface area contributed by atoms with Crippen molar-refractivity contribution in [3.63, 3.8) is 0 Å². The Balaban J connectivity index is 1.71. The van der Waals surface area contributed by atoms with E-state index in [2.05, 4.69) is 20.6 Å². The van der Waals surface area contributed by atoms with E-state index in [1.807, 2.05) is 35.7 Å². The van der Waals surface area contributed by atoms with Gasteiger partial charge in [0, 0.05) is 33.7 Å². The first-order chi connectivity index (χ1) is 19.2. The number of H-pyrrole nitrogens is 1. The standard InChI is InChI=1S/C29H29N5O5S/c1-6-38-27(36)23-16(4)31-17(5)24(28(37)39-7-2)25(23)18-9-8-10-20(11-18)33-29-34-22(14-40-29)21-12-19(13-30)26(35)32-15(21)3/h8-12,14,25,31H,6-7H2,1-5H3,(H,32,35)(H,33,34). The molecule has 3 heterocycles. The van der Waals surface area contributed by atoms with Gasteiger partial charge in [-0.3, -0.25) is 4.79 Å². The number of nitrogens with zero attached hydrogens (tertiary/aromatic N) is 2. The first kappa shape index (κ1) is 28.3. The molecule has 4 rings (SSSR count). The van der Waals surface area contributed by atoms with Crippen molar-refractivity contribution in [3.8, 4) is 17.3 Å². The van der Waals surface area contributed by atoms with Crippen LogP contribution in [0.25, 0.3) is 11.3 Å². The van der Waals surface area contributed by atoms with Crippen LogP contribution in [-0.4, -0.2) is 35.1 Å². The Kier molecular flexibility index (Phi) is 8.50. The van der Waals surface area contributed by atoms with E-state index in [1.54, 1.807) is 34.6 Å². The molecule has 0 fully saturated rings. The summed E-state index contributed by atoms with van der Waals surface area (Å²) in [5, 5.41) is 18.1. The van der Waals surface area contributed by atoms with Gasteiger partial charge in [-0.05, 0) is 58.4 Å². The number of nitrogens with one attached hydrogen (secondary N) is 3. The zero-order valence-corrected chi connectivity index (χ0v) is 23.6. The zero-order valence-electron chi connectivity index (χ0n) is 22.8. The molecule has 0 saturated heterocycles. The fourth-order valence-corrected chi connectivity index (χ4v) is 5.36. The zero-order chi connectivity index (χ0) is 29.0. The molecule has 3 aromatic rings. The Hall–Kier alpha value is -4.69. The molecule has 0 spiro atoms. The lowest BCUT2D eigenvalue weighted by Gasteiger charge is -2.30. The van der Waals surface area contributed by atoms with E-state index in [4.69, 9.17) is 9.47 Å². The molecule has 3 N–H and O–H groups in total. The van der Waals surface area contributed by atoms with Gasteiger partial charge in [0.05, 0.1) is 36.0 Å². The number of aromatic amines is 1. The van der Waals surface area contributed by atoms with Gasteiger partial charge in [0.2, 0.25) is 0 Å². The number of ether oxygens (including phenoxy) is 2. The van der Waals surface area contributed by atoms with Gasteiger partial charge < -0.3 is 25.1 Å². The number of hydrogen-bond donors (Lipinski definition) is 3. The van der Waals surface area contributed by atoms with E-state index >= 15 is 0 Å². The molecule has 0 aliphatic carbocycles. The van der Waals surface area contributed by atoms with Crippen LogP contribution in [0.4, 0.5) is 10.8 Å². The van der Waals surface area contributed by atoms with Gasteiger partial charge in [0.15, 0.2) is 5.13 Å². The highest BCUT2D eigenvalue weighted by molar-refractivity contribution is 7.14. The molecule has 0 amide bonds. The predicted octanol–water partition coefficient (Wildman–Crippen LogP) is 4.78. The summed E-state index contributed by atoms with van der Waals surface area (Å²) in [6.07, 6.45) is 0. The average Bonchev–Trinajstić information content (AvgIpc) is 3.36. The van der Waals surface area contributed by atoms with E-state index in [0.29, 0.717) is 55.9 Å². The second-order valence-corrected chi connectivity index (χ2v) is 9.89. The van der Waals surface area contributed by atoms with E-state index in [9.17, 15) is 19.6 Å². The van der Waals surface area contributed by atoms with Gasteiger partial charge in [-0.2, -0.15) is 5.26 Å². The number of hydrogen-bond acceptors (Lipinski definition) is 10. The predicted molar refractivity (Wildman–Crippen MR) is 152 cm³/mol. The summed E-state index contributed by atoms with van der Waals surface area (Å²) in [7, 11) is 0. The number of esters is 2. The monoisotopic (exact) mass is 559 g/mol. The number of nitriles is 1. The van der Waals surface area contributed by atoms with Crippen molar-refractivity contribution >= 4 is 34.1 Å². The second kappa shape index (κ2) is 12.0. The number of allylic oxidation sites excluding steroid dienone is 2. The van der Waals surface area contributed by atoms with Crippen molar-refractivity contribution in [2.24, 2.45) is 0 Å². The molecule has 1 aromatic carbocycles. The molecule has 2 aromatic heterocycles. The third-order valence-electron chi connectivity index (χ3n) is 6.36. The fourth-order valence-electron chi connectivity index (χ4n) is 4.63. The molecule has 11 heteroatoms. The number of dihydropyridines is 1. The number of aryl methyl sites for hydroxylation is 1. The van der Waals surface area contributed by atoms with Gasteiger partial charge in [0.25, 0.3) is 5.56 Å². The first-order valence-electron chi connectivity index (χ1n) is 12.7. The molecular weight excluding hydrogens is 530 g/mol. The summed E-state index contributed by atoms with van der Waals surface area (Å²) in [5.74, 6) is -1.73. The molecule has 0 bridgehead atoms. The lowest BCUT2D eigenvalue weighted by Crippen LogP contribution is -2.32. The normalized spacial score (nSPS) is 13.5. The van der Waals surface area contributed by atoms with Crippen molar-refractivity contribution in [1.82, 2.24) is 15.3 Å². The summed E-state index contributed by atoms with van der Waals surface area (Å²) >= 11 is 1.36. The minimum atomic E-state index is -0.707. The molecule has 1 aliphatic heterocycles. The number of rotatable bonds is 8. The molecule has 1 aliphatic rings. The van der Waals surface area contributed by atoms with Gasteiger partial charge in [-0.25, -0.2) is 14.6 Å². The van der Waals surface area contributed by atoms with Crippen LogP contribution in [0.1, 0.15) is 50.4 Å². The van der Waals surface area contributed by atoms with Gasteiger partial charge in [-0.15, -0.1) is 11.3 Å². The highest BCUT2D eigenvalue weighted by atomic mass is 32.1. The van der Waals surface area contributed by atoms with Crippen molar-refractivity contribution in [3.05, 3.63) is 85.4 Å². The first-order valence-corrected chi connectivity index (χ1v) is 13.6. The van der Waals surface area contributed by atoms with Gasteiger partial charge >= 0.3 is 11.9 Å². The highest BCUT2D eigenvalue weighted by Gasteiger charge is 2.38. The Morgan fingerprint density at radius 2 is 1.73 bits per heavy atom. The minimum absolute atomic E-state index is 0.0132. The number of pyridine rings is 1. The number of benzene rings is 1. The summed E-state index contributed by atoms with van der Waals surface area (Å²) in [4.78, 5) is 45.4. The van der Waals surface area contributed by atoms with Crippen molar-refractivity contribution in [2.45, 2.75) is 40.5 Å². The lowest BCUT2D eigenvalue weighted by atomic mass is 9.80. The number of carbonyl (C=O) groups is 2. The third-order valence-corrected chi connectivity index (χ3v) is 7.12. The van der Waals surface area contributed by atoms with Gasteiger partial charge in [0.1, 0.15) is 11.6 Å². The molecule has 0 saturated carbocycles. The largest absolute Gasteiger partial charge is 0.463 e. The summed E-state index contributed by atoms with van der Waals surface area (Å²) in [5.41, 5.74) is 4.71. The summed E-state index contributed by atoms with van der Waals surface area (Å²) in [6.45, 7) is 9.15. The second-order valence-electron chi connectivity index (χ2n) is 9.03. The van der Waals surface area contributed by atoms with Crippen LogP contribution in [0.5, 0.6) is 0 Å². The molecule has 0 radical (unpaired) electrons. The van der Waals surface area contributed by atoms with Crippen LogP contribution < -0.4 is 16.2 Å². The van der Waals surface area contributed by atoms with Crippen LogP contribution in [0, 0.1) is 18.3 Å². The smallest absolute Gasteiger partial charge is 0.336 e. The molecule has 10 nitrogen and oxygen atoms in total. The van der Waals surface area contributed by atoms with Crippen LogP contribution in [0.15, 0.2) is 63.0 Å². The number of thiazole rings is 1. The molecule has 0 atom stereocenters. The van der Waals surface area contributed by atoms with Crippen LogP contribution >= 0.6 is 11.3 Å². The maximum atomic E-state index is 13.1. The van der Waals surface area contributed by atoms with Crippen LogP contribution in [0.3, 0.4) is 0 Å². The maximum Gasteiger partial charge on any atom is 0.336 e. The molecule has 40 heavy (non-hydrogen) atoms. The lowest BCUT2D eigenvalue weighted by molar-refractivity contribution is -0.139. The van der Waals surface area contributed by atoms with Crippen molar-refractivity contribution in [1.29, 1.82) is 5.26 Å². The van der Waals surface area contributed by atoms with Crippen LogP contribution in [0.2, 0.25) is 0 Å². The third kappa shape index (κ3) is 5.67. The molecule has 206 valence electrons. The molecular formula is C29H29N5O5S. The van der Waals surface area contributed by atoms with E-state index < -0.39 is 23.4 Å². The van der Waals surface area contributed by atoms with E-state index in [0.717, 1.165) is 0 Å². The average molecular weight is 560 g/mol. The van der Waals surface area contributed by atoms with Gasteiger partial charge in [-0.1, -0.05) is 12.1 Å². The van der Waals surface area contributed by atoms with Crippen LogP contribution in [-0.2, 0) is 19.1 Å². The summed E-state index contributed by atoms with van der Waals surface area (Å²) in [6, 6.07) is 10.8. The maximum absolute atomic E-state index is 13.1. The van der Waals surface area contributed by atoms with Crippen molar-refractivity contribution in [2.75, 3.05) is 18.5 Å². The van der Waals surface area contributed by atoms with E-state index in [-0.39, 0.29) is 18.8 Å². The Labute approximate surface area is 235 Å². The Morgan fingerprint density at radius 1 is 1.07 bits per heavy atom. The fraction of sp³-hybridized carbons (Fsp3) is 0.276. The van der Waals surface area contributed by atoms with Crippen molar-refractivity contribution < 1.29 is 19.1 Å². The topological polar surface area (TPSA) is 146 Å². The molecule has 0 unspecified atom stereocenters. The Bertz CT molecular complexity index is 1600. The number of carbonyl (C=O) groups excluding carboxylic acids is 2. The number of aromatic nitrogens is 2. The van der Waals surface area contributed by atoms with E-state index in [1.165, 1.54) is 17.4 Å². The quantitative estimate of drug-likeness (QED) is 0.332. The summed E-state index contributed by atoms with van der Waals surface area (Å²) < 4.78 is 10.7.